The highest BCUT2D eigenvalue weighted by atomic mass is 35.5. The van der Waals surface area contributed by atoms with Gasteiger partial charge in [-0.2, -0.15) is 0 Å². The number of carboxylic acids is 1. The highest BCUT2D eigenvalue weighted by Crippen LogP contribution is 2.28. The van der Waals surface area contributed by atoms with Gasteiger partial charge in [-0.05, 0) is 48.0 Å². The lowest BCUT2D eigenvalue weighted by atomic mass is 10.2. The fourth-order valence-corrected chi connectivity index (χ4v) is 2.86. The number of hydrogen-bond donors (Lipinski definition) is 1. The van der Waals surface area contributed by atoms with Crippen LogP contribution in [0.25, 0.3) is 0 Å². The predicted molar refractivity (Wildman–Crippen MR) is 79.4 cm³/mol. The van der Waals surface area contributed by atoms with Gasteiger partial charge in [0.15, 0.2) is 0 Å². The quantitative estimate of drug-likeness (QED) is 0.809. The van der Waals surface area contributed by atoms with Gasteiger partial charge in [-0.25, -0.2) is 4.79 Å². The second kappa shape index (κ2) is 6.33. The van der Waals surface area contributed by atoms with Crippen LogP contribution in [-0.2, 0) is 5.75 Å². The zero-order chi connectivity index (χ0) is 13.8. The number of hydrogen-bond acceptors (Lipinski definition) is 2. The first-order chi connectivity index (χ1) is 9.06. The van der Waals surface area contributed by atoms with E-state index in [1.807, 2.05) is 6.07 Å². The second-order valence-electron chi connectivity index (χ2n) is 3.85. The van der Waals surface area contributed by atoms with E-state index in [9.17, 15) is 4.79 Å². The summed E-state index contributed by atoms with van der Waals surface area (Å²) >= 11 is 13.6. The molecule has 0 saturated heterocycles. The summed E-state index contributed by atoms with van der Waals surface area (Å²) in [5.41, 5.74) is 1.24. The van der Waals surface area contributed by atoms with Gasteiger partial charge in [0.05, 0.1) is 5.56 Å². The molecule has 5 heteroatoms. The van der Waals surface area contributed by atoms with Crippen molar-refractivity contribution in [2.24, 2.45) is 0 Å². The molecule has 19 heavy (non-hydrogen) atoms. The van der Waals surface area contributed by atoms with Crippen molar-refractivity contribution in [3.05, 3.63) is 63.6 Å². The molecule has 0 heterocycles. The standard InChI is InChI=1S/C14H10Cl2O2S/c15-11-3-6-13(16)10(7-11)8-19-12-4-1-9(2-5-12)14(17)18/h1-7H,8H2,(H,17,18). The number of benzene rings is 2. The largest absolute Gasteiger partial charge is 0.478 e. The van der Waals surface area contributed by atoms with E-state index in [0.717, 1.165) is 10.5 Å². The summed E-state index contributed by atoms with van der Waals surface area (Å²) in [5, 5.41) is 10.1. The van der Waals surface area contributed by atoms with E-state index in [1.165, 1.54) is 0 Å². The Balaban J connectivity index is 2.06. The highest BCUT2D eigenvalue weighted by molar-refractivity contribution is 7.98. The average molecular weight is 313 g/mol. The zero-order valence-electron chi connectivity index (χ0n) is 9.77. The third-order valence-corrected chi connectivity index (χ3v) is 4.17. The van der Waals surface area contributed by atoms with Gasteiger partial charge >= 0.3 is 5.97 Å². The van der Waals surface area contributed by atoms with Crippen molar-refractivity contribution in [3.8, 4) is 0 Å². The van der Waals surface area contributed by atoms with Crippen LogP contribution in [0.1, 0.15) is 15.9 Å². The maximum absolute atomic E-state index is 10.7. The molecule has 1 N–H and O–H groups in total. The van der Waals surface area contributed by atoms with Crippen molar-refractivity contribution >= 4 is 40.9 Å². The summed E-state index contributed by atoms with van der Waals surface area (Å²) in [6.07, 6.45) is 0. The maximum Gasteiger partial charge on any atom is 0.335 e. The Hall–Kier alpha value is -1.16. The molecule has 0 amide bonds. The van der Waals surface area contributed by atoms with E-state index in [4.69, 9.17) is 28.3 Å². The van der Waals surface area contributed by atoms with Crippen LogP contribution in [0.2, 0.25) is 10.0 Å². The maximum atomic E-state index is 10.7. The molecule has 0 spiro atoms. The topological polar surface area (TPSA) is 37.3 Å². The zero-order valence-corrected chi connectivity index (χ0v) is 12.1. The van der Waals surface area contributed by atoms with E-state index in [1.54, 1.807) is 48.2 Å². The Morgan fingerprint density at radius 2 is 1.79 bits per heavy atom. The number of thioether (sulfide) groups is 1. The Morgan fingerprint density at radius 3 is 2.42 bits per heavy atom. The molecule has 2 rings (SSSR count). The van der Waals surface area contributed by atoms with Crippen molar-refractivity contribution in [1.82, 2.24) is 0 Å². The molecule has 2 nitrogen and oxygen atoms in total. The predicted octanol–water partition coefficient (Wildman–Crippen LogP) is 4.98. The minimum absolute atomic E-state index is 0.283. The van der Waals surface area contributed by atoms with Crippen molar-refractivity contribution in [3.63, 3.8) is 0 Å². The number of aromatic carboxylic acids is 1. The first-order valence-corrected chi connectivity index (χ1v) is 7.20. The molecule has 0 radical (unpaired) electrons. The average Bonchev–Trinajstić information content (AvgIpc) is 2.40. The van der Waals surface area contributed by atoms with Crippen LogP contribution in [0.4, 0.5) is 0 Å². The van der Waals surface area contributed by atoms with Crippen molar-refractivity contribution < 1.29 is 9.90 Å². The minimum Gasteiger partial charge on any atom is -0.478 e. The minimum atomic E-state index is -0.922. The molecule has 0 fully saturated rings. The number of carboxylic acid groups (broad SMARTS) is 1. The molecule has 0 aliphatic rings. The molecule has 2 aromatic carbocycles. The van der Waals surface area contributed by atoms with Crippen molar-refractivity contribution in [2.45, 2.75) is 10.6 Å². The van der Waals surface area contributed by atoms with E-state index in [0.29, 0.717) is 15.8 Å². The summed E-state index contributed by atoms with van der Waals surface area (Å²) in [7, 11) is 0. The van der Waals surface area contributed by atoms with Crippen LogP contribution in [0.15, 0.2) is 47.4 Å². The lowest BCUT2D eigenvalue weighted by Crippen LogP contribution is -1.94. The van der Waals surface area contributed by atoms with E-state index in [2.05, 4.69) is 0 Å². The molecule has 0 aromatic heterocycles. The van der Waals surface area contributed by atoms with Crippen LogP contribution in [0.3, 0.4) is 0 Å². The third kappa shape index (κ3) is 3.90. The normalized spacial score (nSPS) is 10.4. The van der Waals surface area contributed by atoms with Crippen LogP contribution >= 0.6 is 35.0 Å². The second-order valence-corrected chi connectivity index (χ2v) is 5.75. The Labute approximate surface area is 125 Å². The molecule has 0 saturated carbocycles. The number of carbonyl (C=O) groups is 1. The van der Waals surface area contributed by atoms with Gasteiger partial charge in [-0.3, -0.25) is 0 Å². The fraction of sp³-hybridized carbons (Fsp3) is 0.0714. The summed E-state index contributed by atoms with van der Waals surface area (Å²) in [6.45, 7) is 0. The molecular formula is C14H10Cl2O2S. The molecule has 2 aromatic rings. The lowest BCUT2D eigenvalue weighted by Gasteiger charge is -2.05. The van der Waals surface area contributed by atoms with Gasteiger partial charge in [0.1, 0.15) is 0 Å². The summed E-state index contributed by atoms with van der Waals surface area (Å²) in [4.78, 5) is 11.7. The Bertz CT molecular complexity index is 597. The molecule has 0 unspecified atom stereocenters. The smallest absolute Gasteiger partial charge is 0.335 e. The van der Waals surface area contributed by atoms with Crippen LogP contribution in [-0.4, -0.2) is 11.1 Å². The molecule has 0 aliphatic heterocycles. The van der Waals surface area contributed by atoms with Crippen molar-refractivity contribution in [2.75, 3.05) is 0 Å². The van der Waals surface area contributed by atoms with Gasteiger partial charge in [0, 0.05) is 20.7 Å². The van der Waals surface area contributed by atoms with Gasteiger partial charge in [-0.1, -0.05) is 23.2 Å². The first kappa shape index (κ1) is 14.3. The van der Waals surface area contributed by atoms with Gasteiger partial charge in [0.25, 0.3) is 0 Å². The van der Waals surface area contributed by atoms with Gasteiger partial charge < -0.3 is 5.11 Å². The fourth-order valence-electron chi connectivity index (χ4n) is 1.51. The number of rotatable bonds is 4. The summed E-state index contributed by atoms with van der Waals surface area (Å²) in [5.74, 6) is -0.235. The van der Waals surface area contributed by atoms with Crippen LogP contribution < -0.4 is 0 Å². The van der Waals surface area contributed by atoms with E-state index in [-0.39, 0.29) is 5.56 Å². The summed E-state index contributed by atoms with van der Waals surface area (Å²) < 4.78 is 0. The Kier molecular flexibility index (Phi) is 4.75. The number of halogens is 2. The summed E-state index contributed by atoms with van der Waals surface area (Å²) in [6, 6.07) is 12.1. The van der Waals surface area contributed by atoms with E-state index >= 15 is 0 Å². The SMILES string of the molecule is O=C(O)c1ccc(SCc2cc(Cl)ccc2Cl)cc1. The van der Waals surface area contributed by atoms with Crippen molar-refractivity contribution in [1.29, 1.82) is 0 Å². The molecular weight excluding hydrogens is 303 g/mol. The van der Waals surface area contributed by atoms with E-state index < -0.39 is 5.97 Å². The molecule has 0 bridgehead atoms. The molecule has 98 valence electrons. The molecule has 0 aliphatic carbocycles. The van der Waals surface area contributed by atoms with Gasteiger partial charge in [-0.15, -0.1) is 11.8 Å². The van der Waals surface area contributed by atoms with Crippen LogP contribution in [0.5, 0.6) is 0 Å². The Morgan fingerprint density at radius 1 is 1.11 bits per heavy atom. The highest BCUT2D eigenvalue weighted by Gasteiger charge is 2.05. The molecule has 0 atom stereocenters. The lowest BCUT2D eigenvalue weighted by molar-refractivity contribution is 0.0697. The van der Waals surface area contributed by atoms with Crippen LogP contribution in [0, 0.1) is 0 Å². The monoisotopic (exact) mass is 312 g/mol. The van der Waals surface area contributed by atoms with Gasteiger partial charge in [0.2, 0.25) is 0 Å². The first-order valence-electron chi connectivity index (χ1n) is 5.46. The third-order valence-electron chi connectivity index (χ3n) is 2.50.